The van der Waals surface area contributed by atoms with Gasteiger partial charge in [0.1, 0.15) is 30.5 Å². The molecular formula is C22H31F5N4O6. The van der Waals surface area contributed by atoms with Crippen molar-refractivity contribution in [1.82, 2.24) is 16.0 Å². The van der Waals surface area contributed by atoms with Crippen molar-refractivity contribution in [1.29, 1.82) is 0 Å². The number of aliphatic hydroxyl groups is 1. The second-order valence-electron chi connectivity index (χ2n) is 8.42. The summed E-state index contributed by atoms with van der Waals surface area (Å²) in [5.41, 5.74) is 5.88. The summed E-state index contributed by atoms with van der Waals surface area (Å²) >= 11 is 0. The van der Waals surface area contributed by atoms with Gasteiger partial charge in [-0.2, -0.15) is 22.0 Å². The molecule has 0 aliphatic rings. The quantitative estimate of drug-likeness (QED) is 0.230. The molecule has 0 aliphatic heterocycles. The number of hydrogen-bond acceptors (Lipinski definition) is 7. The number of aliphatic hydroxyl groups excluding tert-OH is 1. The van der Waals surface area contributed by atoms with Crippen molar-refractivity contribution in [2.75, 3.05) is 27.4 Å². The van der Waals surface area contributed by atoms with Crippen LogP contribution in [0.4, 0.5) is 22.0 Å². The van der Waals surface area contributed by atoms with E-state index in [-0.39, 0.29) is 12.2 Å². The number of benzene rings is 1. The molecule has 37 heavy (non-hydrogen) atoms. The van der Waals surface area contributed by atoms with Crippen LogP contribution in [-0.2, 0) is 19.1 Å². The summed E-state index contributed by atoms with van der Waals surface area (Å²) in [5.74, 6) is -9.48. The first kappa shape index (κ1) is 32.0. The van der Waals surface area contributed by atoms with E-state index in [0.717, 1.165) is 5.32 Å². The molecule has 210 valence electrons. The number of methoxy groups -OCH3 is 2. The fourth-order valence-electron chi connectivity index (χ4n) is 3.12. The molecule has 0 bridgehead atoms. The van der Waals surface area contributed by atoms with E-state index in [4.69, 9.17) is 15.2 Å². The highest BCUT2D eigenvalue weighted by Gasteiger charge is 2.52. The van der Waals surface area contributed by atoms with Gasteiger partial charge >= 0.3 is 12.1 Å². The van der Waals surface area contributed by atoms with Crippen molar-refractivity contribution in [2.45, 2.75) is 50.2 Å². The summed E-state index contributed by atoms with van der Waals surface area (Å²) in [5, 5.41) is 15.8. The number of nitrogens with one attached hydrogen (secondary N) is 3. The largest absolute Gasteiger partial charge is 0.497 e. The van der Waals surface area contributed by atoms with Gasteiger partial charge in [0.15, 0.2) is 0 Å². The molecule has 1 rings (SSSR count). The molecule has 0 unspecified atom stereocenters. The predicted octanol–water partition coefficient (Wildman–Crippen LogP) is 0.642. The van der Waals surface area contributed by atoms with Gasteiger partial charge < -0.3 is 36.3 Å². The van der Waals surface area contributed by atoms with Gasteiger partial charge in [-0.3, -0.25) is 14.4 Å². The lowest BCUT2D eigenvalue weighted by Gasteiger charge is -2.33. The van der Waals surface area contributed by atoms with Gasteiger partial charge in [0.25, 0.3) is 5.91 Å². The van der Waals surface area contributed by atoms with Crippen LogP contribution in [0.5, 0.6) is 5.75 Å². The summed E-state index contributed by atoms with van der Waals surface area (Å²) in [4.78, 5) is 37.4. The van der Waals surface area contributed by atoms with E-state index in [0.29, 0.717) is 5.75 Å². The Morgan fingerprint density at radius 3 is 2.03 bits per heavy atom. The van der Waals surface area contributed by atoms with Crippen LogP contribution in [0.2, 0.25) is 0 Å². The van der Waals surface area contributed by atoms with Crippen LogP contribution in [0, 0.1) is 5.92 Å². The zero-order valence-corrected chi connectivity index (χ0v) is 20.6. The number of alkyl halides is 5. The van der Waals surface area contributed by atoms with Crippen LogP contribution in [0.25, 0.3) is 0 Å². The van der Waals surface area contributed by atoms with E-state index in [2.05, 4.69) is 10.6 Å². The lowest BCUT2D eigenvalue weighted by molar-refractivity contribution is -0.175. The number of amides is 3. The molecule has 0 spiro atoms. The van der Waals surface area contributed by atoms with Crippen LogP contribution in [0.3, 0.4) is 0 Å². The van der Waals surface area contributed by atoms with E-state index in [9.17, 15) is 41.4 Å². The van der Waals surface area contributed by atoms with Crippen LogP contribution < -0.4 is 26.4 Å². The zero-order chi connectivity index (χ0) is 28.6. The zero-order valence-electron chi connectivity index (χ0n) is 20.6. The first-order valence-corrected chi connectivity index (χ1v) is 10.9. The van der Waals surface area contributed by atoms with Crippen molar-refractivity contribution in [3.63, 3.8) is 0 Å². The Balaban J connectivity index is 3.22. The summed E-state index contributed by atoms with van der Waals surface area (Å²) in [6.45, 7) is 0.413. The normalized spacial score (nSPS) is 15.4. The maximum atomic E-state index is 14.6. The number of carbonyl (C=O) groups excluding carboxylic acids is 3. The number of ether oxygens (including phenoxy) is 2. The molecule has 0 radical (unpaired) electrons. The van der Waals surface area contributed by atoms with Gasteiger partial charge in [-0.1, -0.05) is 26.0 Å². The Morgan fingerprint density at radius 1 is 1.00 bits per heavy atom. The Morgan fingerprint density at radius 2 is 1.57 bits per heavy atom. The summed E-state index contributed by atoms with van der Waals surface area (Å²) in [6.07, 6.45) is -7.87. The highest BCUT2D eigenvalue weighted by Crippen LogP contribution is 2.26. The third-order valence-electron chi connectivity index (χ3n) is 5.17. The Bertz CT molecular complexity index is 914. The molecule has 0 aromatic heterocycles. The summed E-state index contributed by atoms with van der Waals surface area (Å²) < 4.78 is 76.0. The molecule has 1 aromatic carbocycles. The standard InChI is InChI=1S/C22H31F5N4O6/c1-11(2)15(17(32)22(26,27)20(35)29-10-21(23,24)25)30-19(34)16(31-18(33)14(28)9-36-3)12-5-7-13(37-4)8-6-12/h5-8,11,14-17,32H,9-10,28H2,1-4H3,(H,29,35)(H,30,34)(H,31,33)/t14-,15-,16-,17+/m0/s1. The molecule has 0 saturated carbocycles. The van der Waals surface area contributed by atoms with Crippen molar-refractivity contribution >= 4 is 17.7 Å². The lowest BCUT2D eigenvalue weighted by atomic mass is 9.93. The van der Waals surface area contributed by atoms with E-state index < -0.39 is 66.5 Å². The smallest absolute Gasteiger partial charge is 0.405 e. The first-order valence-electron chi connectivity index (χ1n) is 10.9. The Labute approximate surface area is 210 Å². The molecule has 10 nitrogen and oxygen atoms in total. The van der Waals surface area contributed by atoms with E-state index >= 15 is 0 Å². The van der Waals surface area contributed by atoms with Crippen LogP contribution >= 0.6 is 0 Å². The van der Waals surface area contributed by atoms with Gasteiger partial charge in [0.05, 0.1) is 19.8 Å². The van der Waals surface area contributed by atoms with Gasteiger partial charge in [-0.25, -0.2) is 0 Å². The lowest BCUT2D eigenvalue weighted by Crippen LogP contribution is -2.60. The minimum atomic E-state index is -4.96. The maximum absolute atomic E-state index is 14.6. The highest BCUT2D eigenvalue weighted by molar-refractivity contribution is 5.91. The summed E-state index contributed by atoms with van der Waals surface area (Å²) in [6, 6.07) is 1.24. The molecule has 6 N–H and O–H groups in total. The SMILES string of the molecule is COC[C@H](N)C(=O)N[C@H](C(=O)N[C@@H](C(C)C)[C@@H](O)C(F)(F)C(=O)NCC(F)(F)F)c1ccc(OC)cc1. The average molecular weight is 543 g/mol. The number of carbonyl (C=O) groups is 3. The topological polar surface area (TPSA) is 152 Å². The third-order valence-corrected chi connectivity index (χ3v) is 5.17. The fourth-order valence-corrected chi connectivity index (χ4v) is 3.12. The molecule has 0 heterocycles. The minimum Gasteiger partial charge on any atom is -0.497 e. The van der Waals surface area contributed by atoms with E-state index in [1.807, 2.05) is 0 Å². The van der Waals surface area contributed by atoms with Gasteiger partial charge in [-0.15, -0.1) is 0 Å². The Kier molecular flexibility index (Phi) is 11.7. The van der Waals surface area contributed by atoms with Gasteiger partial charge in [-0.05, 0) is 23.6 Å². The van der Waals surface area contributed by atoms with Gasteiger partial charge in [0.2, 0.25) is 11.8 Å². The summed E-state index contributed by atoms with van der Waals surface area (Å²) in [7, 11) is 2.69. The fraction of sp³-hybridized carbons (Fsp3) is 0.591. The Hall–Kier alpha value is -3.04. The first-order chi connectivity index (χ1) is 17.0. The second kappa shape index (κ2) is 13.5. The molecule has 0 fully saturated rings. The van der Waals surface area contributed by atoms with E-state index in [1.54, 1.807) is 0 Å². The van der Waals surface area contributed by atoms with Gasteiger partial charge in [0, 0.05) is 7.11 Å². The molecule has 0 aliphatic carbocycles. The second-order valence-corrected chi connectivity index (χ2v) is 8.42. The van der Waals surface area contributed by atoms with Crippen LogP contribution in [0.15, 0.2) is 24.3 Å². The van der Waals surface area contributed by atoms with Crippen molar-refractivity contribution in [3.05, 3.63) is 29.8 Å². The van der Waals surface area contributed by atoms with E-state index in [1.165, 1.54) is 52.3 Å². The number of halogens is 5. The molecular weight excluding hydrogens is 511 g/mol. The molecule has 15 heteroatoms. The average Bonchev–Trinajstić information content (AvgIpc) is 2.83. The molecule has 4 atom stereocenters. The maximum Gasteiger partial charge on any atom is 0.405 e. The molecule has 1 aromatic rings. The third kappa shape index (κ3) is 9.40. The van der Waals surface area contributed by atoms with Crippen molar-refractivity contribution in [2.24, 2.45) is 11.7 Å². The molecule has 3 amide bonds. The van der Waals surface area contributed by atoms with Crippen LogP contribution in [0.1, 0.15) is 25.5 Å². The molecule has 0 saturated heterocycles. The van der Waals surface area contributed by atoms with Crippen LogP contribution in [-0.4, -0.2) is 80.5 Å². The highest BCUT2D eigenvalue weighted by atomic mass is 19.4. The number of nitrogens with two attached hydrogens (primary N) is 1. The van der Waals surface area contributed by atoms with Crippen molar-refractivity contribution in [3.8, 4) is 5.75 Å². The number of hydrogen-bond donors (Lipinski definition) is 5. The van der Waals surface area contributed by atoms with Crippen molar-refractivity contribution < 1.29 is 50.9 Å². The number of rotatable bonds is 13. The monoisotopic (exact) mass is 542 g/mol. The minimum absolute atomic E-state index is 0.183. The predicted molar refractivity (Wildman–Crippen MR) is 121 cm³/mol.